The molecule has 0 radical (unpaired) electrons. The molecule has 5 rings (SSSR count). The van der Waals surface area contributed by atoms with Crippen molar-refractivity contribution in [2.45, 2.75) is 18.3 Å². The Morgan fingerprint density at radius 1 is 1.13 bits per heavy atom. The summed E-state index contributed by atoms with van der Waals surface area (Å²) in [6, 6.07) is 9.30. The molecule has 0 aliphatic heterocycles. The molecule has 3 aromatic heterocycles. The first-order chi connectivity index (χ1) is 15.1. The molecule has 31 heavy (non-hydrogen) atoms. The van der Waals surface area contributed by atoms with E-state index in [-0.39, 0.29) is 17.5 Å². The molecular formula is C22H19N5O4. The van der Waals surface area contributed by atoms with E-state index in [1.807, 2.05) is 18.2 Å². The van der Waals surface area contributed by atoms with Crippen molar-refractivity contribution in [3.63, 3.8) is 0 Å². The van der Waals surface area contributed by atoms with Crippen LogP contribution in [0.5, 0.6) is 11.9 Å². The van der Waals surface area contributed by atoms with Crippen LogP contribution in [0.3, 0.4) is 0 Å². The first-order valence-corrected chi connectivity index (χ1v) is 9.72. The topological polar surface area (TPSA) is 112 Å². The van der Waals surface area contributed by atoms with Crippen molar-refractivity contribution in [1.29, 1.82) is 0 Å². The molecule has 1 N–H and O–H groups in total. The van der Waals surface area contributed by atoms with E-state index in [1.54, 1.807) is 42.3 Å². The molecule has 156 valence electrons. The van der Waals surface area contributed by atoms with Crippen molar-refractivity contribution in [3.05, 3.63) is 65.6 Å². The molecule has 0 amide bonds. The quantitative estimate of drug-likeness (QED) is 0.509. The van der Waals surface area contributed by atoms with Crippen LogP contribution in [0.25, 0.3) is 16.9 Å². The van der Waals surface area contributed by atoms with E-state index in [4.69, 9.17) is 14.6 Å². The van der Waals surface area contributed by atoms with Gasteiger partial charge in [0, 0.05) is 24.2 Å². The number of carbonyl (C=O) groups is 1. The number of fused-ring (bicyclic) bond motifs is 1. The van der Waals surface area contributed by atoms with Gasteiger partial charge in [0.1, 0.15) is 0 Å². The van der Waals surface area contributed by atoms with Gasteiger partial charge in [-0.15, -0.1) is 0 Å². The van der Waals surface area contributed by atoms with E-state index in [0.29, 0.717) is 23.1 Å². The first kappa shape index (κ1) is 19.0. The van der Waals surface area contributed by atoms with Gasteiger partial charge < -0.3 is 14.6 Å². The second kappa shape index (κ2) is 7.35. The maximum atomic E-state index is 11.1. The van der Waals surface area contributed by atoms with Crippen LogP contribution in [0.15, 0.2) is 48.9 Å². The van der Waals surface area contributed by atoms with Gasteiger partial charge in [0.25, 0.3) is 0 Å². The Bertz CT molecular complexity index is 1290. The van der Waals surface area contributed by atoms with Gasteiger partial charge in [-0.2, -0.15) is 10.1 Å². The molecule has 0 bridgehead atoms. The van der Waals surface area contributed by atoms with Crippen molar-refractivity contribution in [2.75, 3.05) is 14.2 Å². The lowest BCUT2D eigenvalue weighted by Crippen LogP contribution is -2.02. The van der Waals surface area contributed by atoms with Crippen LogP contribution in [-0.4, -0.2) is 49.9 Å². The fourth-order valence-electron chi connectivity index (χ4n) is 3.91. The van der Waals surface area contributed by atoms with Gasteiger partial charge in [-0.05, 0) is 42.0 Å². The summed E-state index contributed by atoms with van der Waals surface area (Å²) in [5.74, 6) is 0.00823. The van der Waals surface area contributed by atoms with Crippen LogP contribution < -0.4 is 9.47 Å². The zero-order chi connectivity index (χ0) is 21.5. The van der Waals surface area contributed by atoms with Gasteiger partial charge in [-0.25, -0.2) is 19.3 Å². The highest BCUT2D eigenvalue weighted by atomic mass is 16.5. The number of nitrogens with zero attached hydrogens (tertiary/aromatic N) is 5. The molecular weight excluding hydrogens is 398 g/mol. The minimum Gasteiger partial charge on any atom is -0.480 e. The number of hydrogen-bond acceptors (Lipinski definition) is 7. The molecule has 0 spiro atoms. The molecule has 9 heteroatoms. The first-order valence-electron chi connectivity index (χ1n) is 9.72. The second-order valence-electron chi connectivity index (χ2n) is 7.34. The Kier molecular flexibility index (Phi) is 4.50. The Morgan fingerprint density at radius 2 is 1.94 bits per heavy atom. The molecule has 1 aliphatic rings. The molecule has 1 aromatic carbocycles. The smallest absolute Gasteiger partial charge is 0.335 e. The number of hydrogen-bond donors (Lipinski definition) is 1. The summed E-state index contributed by atoms with van der Waals surface area (Å²) in [5, 5.41) is 13.8. The average Bonchev–Trinajstić information content (AvgIpc) is 3.46. The Morgan fingerprint density at radius 3 is 2.65 bits per heavy atom. The van der Waals surface area contributed by atoms with Crippen LogP contribution in [0.1, 0.15) is 39.7 Å². The summed E-state index contributed by atoms with van der Waals surface area (Å²) < 4.78 is 12.3. The predicted octanol–water partition coefficient (Wildman–Crippen LogP) is 3.17. The Labute approximate surface area is 177 Å². The summed E-state index contributed by atoms with van der Waals surface area (Å²) in [6.45, 7) is 0. The third-order valence-electron chi connectivity index (χ3n) is 5.55. The van der Waals surface area contributed by atoms with E-state index in [9.17, 15) is 4.79 Å². The molecule has 2 atom stereocenters. The fourth-order valence-corrected chi connectivity index (χ4v) is 3.91. The van der Waals surface area contributed by atoms with Crippen LogP contribution in [0.2, 0.25) is 0 Å². The number of aromatic nitrogens is 5. The minimum absolute atomic E-state index is 0.219. The van der Waals surface area contributed by atoms with E-state index in [1.165, 1.54) is 7.11 Å². The van der Waals surface area contributed by atoms with Crippen LogP contribution in [0, 0.1) is 0 Å². The van der Waals surface area contributed by atoms with E-state index < -0.39 is 5.97 Å². The van der Waals surface area contributed by atoms with Crippen molar-refractivity contribution in [2.24, 2.45) is 0 Å². The van der Waals surface area contributed by atoms with Gasteiger partial charge >= 0.3 is 12.0 Å². The molecule has 0 saturated heterocycles. The van der Waals surface area contributed by atoms with Crippen molar-refractivity contribution in [3.8, 4) is 23.1 Å². The molecule has 0 unspecified atom stereocenters. The van der Waals surface area contributed by atoms with Crippen LogP contribution in [-0.2, 0) is 0 Å². The van der Waals surface area contributed by atoms with Gasteiger partial charge in [-0.1, -0.05) is 12.1 Å². The largest absolute Gasteiger partial charge is 0.480 e. The van der Waals surface area contributed by atoms with Crippen molar-refractivity contribution < 1.29 is 19.4 Å². The SMILES string of the molecule is COc1ncc(-c2cc([C@H]3C[C@H]3c3ccc(C(=O)O)cc3)c3nccn3n2)c(OC)n1. The van der Waals surface area contributed by atoms with E-state index in [2.05, 4.69) is 20.1 Å². The number of methoxy groups -OCH3 is 2. The van der Waals surface area contributed by atoms with E-state index in [0.717, 1.165) is 23.2 Å². The summed E-state index contributed by atoms with van der Waals surface area (Å²) in [4.78, 5) is 24.1. The number of rotatable bonds is 6. The Hall–Kier alpha value is -4.01. The molecule has 4 aromatic rings. The number of carboxylic acid groups (broad SMARTS) is 1. The monoisotopic (exact) mass is 417 g/mol. The lowest BCUT2D eigenvalue weighted by molar-refractivity contribution is 0.0697. The minimum atomic E-state index is -0.924. The molecule has 1 saturated carbocycles. The summed E-state index contributed by atoms with van der Waals surface area (Å²) in [7, 11) is 3.04. The van der Waals surface area contributed by atoms with Crippen LogP contribution >= 0.6 is 0 Å². The van der Waals surface area contributed by atoms with Crippen molar-refractivity contribution >= 4 is 11.6 Å². The molecule has 3 heterocycles. The van der Waals surface area contributed by atoms with Gasteiger partial charge in [0.05, 0.1) is 31.0 Å². The highest BCUT2D eigenvalue weighted by molar-refractivity contribution is 5.87. The average molecular weight is 417 g/mol. The zero-order valence-electron chi connectivity index (χ0n) is 16.9. The number of aromatic carboxylic acids is 1. The number of carboxylic acids is 1. The van der Waals surface area contributed by atoms with Gasteiger partial charge in [0.2, 0.25) is 5.88 Å². The number of benzene rings is 1. The van der Waals surface area contributed by atoms with Crippen LogP contribution in [0.4, 0.5) is 0 Å². The summed E-state index contributed by atoms with van der Waals surface area (Å²) in [6.07, 6.45) is 6.11. The lowest BCUT2D eigenvalue weighted by atomic mass is 10.0. The molecule has 9 nitrogen and oxygen atoms in total. The lowest BCUT2D eigenvalue weighted by Gasteiger charge is -2.10. The molecule has 1 aliphatic carbocycles. The summed E-state index contributed by atoms with van der Waals surface area (Å²) in [5.41, 5.74) is 4.60. The standard InChI is InChI=1S/C22H19N5O4/c1-30-20-17(11-24-22(25-20)31-2)18-10-16(19-23-7-8-27(19)26-18)15-9-14(15)12-3-5-13(6-4-12)21(28)29/h3-8,10-11,14-15H,9H2,1-2H3,(H,28,29)/t14-,15-/m0/s1. The highest BCUT2D eigenvalue weighted by Gasteiger charge is 2.41. The van der Waals surface area contributed by atoms with Crippen molar-refractivity contribution in [1.82, 2.24) is 24.6 Å². The third kappa shape index (κ3) is 3.33. The predicted molar refractivity (Wildman–Crippen MR) is 111 cm³/mol. The van der Waals surface area contributed by atoms with Gasteiger partial charge in [-0.3, -0.25) is 0 Å². The highest BCUT2D eigenvalue weighted by Crippen LogP contribution is 2.55. The second-order valence-corrected chi connectivity index (χ2v) is 7.34. The third-order valence-corrected chi connectivity index (χ3v) is 5.55. The normalized spacial score (nSPS) is 17.5. The maximum absolute atomic E-state index is 11.1. The fraction of sp³-hybridized carbons (Fsp3) is 0.227. The van der Waals surface area contributed by atoms with E-state index >= 15 is 0 Å². The number of imidazole rings is 1. The maximum Gasteiger partial charge on any atom is 0.335 e. The Balaban J connectivity index is 1.53. The van der Waals surface area contributed by atoms with Gasteiger partial charge in [0.15, 0.2) is 5.65 Å². The summed E-state index contributed by atoms with van der Waals surface area (Å²) >= 11 is 0. The zero-order valence-corrected chi connectivity index (χ0v) is 16.9. The molecule has 1 fully saturated rings. The number of ether oxygens (including phenoxy) is 2.